The van der Waals surface area contributed by atoms with E-state index in [9.17, 15) is 0 Å². The van der Waals surface area contributed by atoms with Crippen molar-refractivity contribution in [1.82, 2.24) is 4.90 Å². The third-order valence-electron chi connectivity index (χ3n) is 3.87. The Labute approximate surface area is 156 Å². The summed E-state index contributed by atoms with van der Waals surface area (Å²) in [5.74, 6) is 2.36. The van der Waals surface area contributed by atoms with Crippen LogP contribution < -0.4 is 0 Å². The number of unbranched alkanes of at least 4 members (excludes halogenated alkanes) is 1. The van der Waals surface area contributed by atoms with Crippen molar-refractivity contribution >= 4 is 23.5 Å². The van der Waals surface area contributed by atoms with E-state index in [1.54, 1.807) is 0 Å². The van der Waals surface area contributed by atoms with Gasteiger partial charge in [-0.2, -0.15) is 0 Å². The number of hydrogen-bond donors (Lipinski definition) is 0. The summed E-state index contributed by atoms with van der Waals surface area (Å²) >= 11 is 4.00. The largest absolute Gasteiger partial charge is 0.309 e. The normalized spacial score (nSPS) is 12.5. The van der Waals surface area contributed by atoms with Gasteiger partial charge in [-0.3, -0.25) is 0 Å². The number of rotatable bonds is 10. The van der Waals surface area contributed by atoms with Crippen LogP contribution in [0.3, 0.4) is 0 Å². The van der Waals surface area contributed by atoms with E-state index >= 15 is 0 Å². The van der Waals surface area contributed by atoms with Crippen molar-refractivity contribution in [2.24, 2.45) is 0 Å². The second-order valence-electron chi connectivity index (χ2n) is 6.24. The fraction of sp³-hybridized carbons (Fsp3) is 0.429. The fourth-order valence-electron chi connectivity index (χ4n) is 2.44. The van der Waals surface area contributed by atoms with Crippen LogP contribution in [0, 0.1) is 0 Å². The van der Waals surface area contributed by atoms with Crippen molar-refractivity contribution in [2.45, 2.75) is 29.9 Å². The molecule has 0 radical (unpaired) electrons. The maximum Gasteiger partial charge on any atom is 0.0547 e. The molecule has 0 aliphatic heterocycles. The van der Waals surface area contributed by atoms with Crippen LogP contribution in [0.5, 0.6) is 0 Å². The highest BCUT2D eigenvalue weighted by molar-refractivity contribution is 7.99. The van der Waals surface area contributed by atoms with Gasteiger partial charge in [-0.05, 0) is 49.5 Å². The van der Waals surface area contributed by atoms with Crippen molar-refractivity contribution in [1.29, 1.82) is 0 Å². The van der Waals surface area contributed by atoms with Crippen LogP contribution in [-0.2, 0) is 0 Å². The summed E-state index contributed by atoms with van der Waals surface area (Å²) in [4.78, 5) is 3.64. The van der Waals surface area contributed by atoms with Gasteiger partial charge < -0.3 is 4.90 Å². The van der Waals surface area contributed by atoms with Gasteiger partial charge in [-0.1, -0.05) is 55.8 Å². The first-order valence-electron chi connectivity index (χ1n) is 8.74. The molecule has 3 heteroatoms. The van der Waals surface area contributed by atoms with Gasteiger partial charge in [-0.25, -0.2) is 0 Å². The van der Waals surface area contributed by atoms with Crippen LogP contribution in [0.15, 0.2) is 59.5 Å². The molecule has 1 atom stereocenters. The molecule has 0 saturated heterocycles. The molecule has 2 rings (SSSR count). The summed E-state index contributed by atoms with van der Waals surface area (Å²) in [6.07, 6.45) is 2.56. The molecule has 0 aromatic heterocycles. The van der Waals surface area contributed by atoms with Gasteiger partial charge in [0.25, 0.3) is 0 Å². The molecule has 0 amide bonds. The monoisotopic (exact) mass is 359 g/mol. The van der Waals surface area contributed by atoms with Gasteiger partial charge in [0, 0.05) is 17.2 Å². The second-order valence-corrected chi connectivity index (χ2v) is 8.62. The molecule has 2 aromatic carbocycles. The van der Waals surface area contributed by atoms with Crippen molar-refractivity contribution < 1.29 is 0 Å². The minimum atomic E-state index is 0.417. The lowest BCUT2D eigenvalue weighted by atomic mass is 10.0. The lowest BCUT2D eigenvalue weighted by molar-refractivity contribution is 0.437. The van der Waals surface area contributed by atoms with Gasteiger partial charge >= 0.3 is 0 Å². The van der Waals surface area contributed by atoms with E-state index < -0.39 is 0 Å². The highest BCUT2D eigenvalue weighted by Crippen LogP contribution is 2.36. The topological polar surface area (TPSA) is 3.24 Å². The maximum absolute atomic E-state index is 2.31. The first-order chi connectivity index (χ1) is 11.7. The molecule has 0 spiro atoms. The number of thioether (sulfide) groups is 2. The third-order valence-corrected chi connectivity index (χ3v) is 6.27. The molecule has 0 bridgehead atoms. The molecule has 0 heterocycles. The Hall–Kier alpha value is -0.900. The van der Waals surface area contributed by atoms with Crippen LogP contribution in [0.4, 0.5) is 0 Å². The van der Waals surface area contributed by atoms with Gasteiger partial charge in [0.2, 0.25) is 0 Å². The quantitative estimate of drug-likeness (QED) is 0.380. The number of benzene rings is 2. The molecular formula is C21H29NS2. The van der Waals surface area contributed by atoms with Crippen LogP contribution in [0.25, 0.3) is 0 Å². The van der Waals surface area contributed by atoms with Gasteiger partial charge in [-0.15, -0.1) is 23.5 Å². The zero-order chi connectivity index (χ0) is 17.2. The third kappa shape index (κ3) is 6.54. The van der Waals surface area contributed by atoms with Gasteiger partial charge in [0.15, 0.2) is 0 Å². The Morgan fingerprint density at radius 3 is 2.17 bits per heavy atom. The Balaban J connectivity index is 2.08. The zero-order valence-electron chi connectivity index (χ0n) is 15.1. The highest BCUT2D eigenvalue weighted by atomic mass is 32.2. The molecule has 1 nitrogen and oxygen atoms in total. The lowest BCUT2D eigenvalue weighted by Gasteiger charge is -2.19. The lowest BCUT2D eigenvalue weighted by Crippen LogP contribution is -2.15. The summed E-state index contributed by atoms with van der Waals surface area (Å²) in [6, 6.07) is 20.1. The minimum absolute atomic E-state index is 0.417. The Kier molecular flexibility index (Phi) is 8.79. The fourth-order valence-corrected chi connectivity index (χ4v) is 4.84. The molecule has 24 heavy (non-hydrogen) atoms. The summed E-state index contributed by atoms with van der Waals surface area (Å²) in [5.41, 5.74) is 2.80. The molecule has 2 aromatic rings. The van der Waals surface area contributed by atoms with Crippen molar-refractivity contribution in [3.05, 3.63) is 65.7 Å². The predicted molar refractivity (Wildman–Crippen MR) is 111 cm³/mol. The van der Waals surface area contributed by atoms with Crippen LogP contribution in [0.2, 0.25) is 0 Å². The van der Waals surface area contributed by atoms with Crippen LogP contribution >= 0.6 is 23.5 Å². The van der Waals surface area contributed by atoms with Crippen molar-refractivity contribution in [3.8, 4) is 0 Å². The van der Waals surface area contributed by atoms with Gasteiger partial charge in [0.05, 0.1) is 5.25 Å². The summed E-state index contributed by atoms with van der Waals surface area (Å²) in [5, 5.41) is 0.417. The molecular weight excluding hydrogens is 330 g/mol. The SMILES string of the molecule is CCCCSc1ccc([C@H](SCCN(C)C)c2ccccc2)cc1. The first-order valence-corrected chi connectivity index (χ1v) is 10.8. The number of nitrogens with zero attached hydrogens (tertiary/aromatic N) is 1. The van der Waals surface area contributed by atoms with E-state index in [4.69, 9.17) is 0 Å². The molecule has 0 fully saturated rings. The van der Waals surface area contributed by atoms with E-state index in [1.165, 1.54) is 34.6 Å². The van der Waals surface area contributed by atoms with E-state index in [0.29, 0.717) is 5.25 Å². The average Bonchev–Trinajstić information content (AvgIpc) is 2.60. The van der Waals surface area contributed by atoms with E-state index in [2.05, 4.69) is 80.5 Å². The minimum Gasteiger partial charge on any atom is -0.309 e. The van der Waals surface area contributed by atoms with Crippen LogP contribution in [0.1, 0.15) is 36.1 Å². The molecule has 0 aliphatic rings. The molecule has 0 saturated carbocycles. The summed E-state index contributed by atoms with van der Waals surface area (Å²) in [6.45, 7) is 3.36. The zero-order valence-corrected chi connectivity index (χ0v) is 16.7. The van der Waals surface area contributed by atoms with Crippen LogP contribution in [-0.4, -0.2) is 37.0 Å². The number of hydrogen-bond acceptors (Lipinski definition) is 3. The standard InChI is InChI=1S/C21H29NS2/c1-4-5-16-23-20-13-11-19(12-14-20)21(24-17-15-22(2)3)18-9-7-6-8-10-18/h6-14,21H,4-5,15-17H2,1-3H3/t21-/m1/s1. The highest BCUT2D eigenvalue weighted by Gasteiger charge is 2.14. The van der Waals surface area contributed by atoms with E-state index in [1.807, 2.05) is 23.5 Å². The average molecular weight is 360 g/mol. The second kappa shape index (κ2) is 10.9. The maximum atomic E-state index is 2.31. The summed E-state index contributed by atoms with van der Waals surface area (Å²) in [7, 11) is 4.28. The molecule has 0 N–H and O–H groups in total. The van der Waals surface area contributed by atoms with Crippen molar-refractivity contribution in [3.63, 3.8) is 0 Å². The molecule has 0 aliphatic carbocycles. The smallest absolute Gasteiger partial charge is 0.0547 e. The Morgan fingerprint density at radius 1 is 0.875 bits per heavy atom. The van der Waals surface area contributed by atoms with Crippen molar-refractivity contribution in [2.75, 3.05) is 32.1 Å². The Bertz CT molecular complexity index is 566. The Morgan fingerprint density at radius 2 is 1.54 bits per heavy atom. The molecule has 0 unspecified atom stereocenters. The predicted octanol–water partition coefficient (Wildman–Crippen LogP) is 5.96. The van der Waals surface area contributed by atoms with E-state index in [-0.39, 0.29) is 0 Å². The van der Waals surface area contributed by atoms with Gasteiger partial charge in [0.1, 0.15) is 0 Å². The summed E-state index contributed by atoms with van der Waals surface area (Å²) < 4.78 is 0. The first kappa shape index (κ1) is 19.4. The van der Waals surface area contributed by atoms with E-state index in [0.717, 1.165) is 12.3 Å². The molecule has 130 valence electrons.